The van der Waals surface area contributed by atoms with Crippen molar-refractivity contribution in [3.8, 4) is 0 Å². The summed E-state index contributed by atoms with van der Waals surface area (Å²) in [6, 6.07) is -1.56. The van der Waals surface area contributed by atoms with Gasteiger partial charge >= 0.3 is 6.18 Å². The number of hydrogen-bond donors (Lipinski definition) is 1. The van der Waals surface area contributed by atoms with Gasteiger partial charge in [0, 0.05) is 43.9 Å². The molecular formula is C15H23F3N4O. The quantitative estimate of drug-likeness (QED) is 0.922. The summed E-state index contributed by atoms with van der Waals surface area (Å²) in [5, 5.41) is 6.90. The first-order valence-electron chi connectivity index (χ1n) is 7.77. The van der Waals surface area contributed by atoms with Crippen LogP contribution in [0.3, 0.4) is 0 Å². The van der Waals surface area contributed by atoms with Gasteiger partial charge in [0.2, 0.25) is 5.91 Å². The molecule has 1 aromatic heterocycles. The predicted molar refractivity (Wildman–Crippen MR) is 79.7 cm³/mol. The molecule has 0 saturated carbocycles. The zero-order chi connectivity index (χ0) is 17.2. The van der Waals surface area contributed by atoms with E-state index in [1.54, 1.807) is 17.1 Å². The van der Waals surface area contributed by atoms with Crippen LogP contribution in [0.15, 0.2) is 12.4 Å². The minimum absolute atomic E-state index is 0.00718. The minimum atomic E-state index is -4.27. The Labute approximate surface area is 133 Å². The van der Waals surface area contributed by atoms with Crippen molar-refractivity contribution in [2.45, 2.75) is 64.5 Å². The number of halogens is 3. The fourth-order valence-electron chi connectivity index (χ4n) is 2.97. The molecule has 1 amide bonds. The molecule has 1 fully saturated rings. The summed E-state index contributed by atoms with van der Waals surface area (Å²) < 4.78 is 41.5. The van der Waals surface area contributed by atoms with Crippen LogP contribution in [0.4, 0.5) is 13.2 Å². The summed E-state index contributed by atoms with van der Waals surface area (Å²) in [4.78, 5) is 12.6. The Morgan fingerprint density at radius 1 is 1.43 bits per heavy atom. The number of aromatic nitrogens is 2. The largest absolute Gasteiger partial charge is 0.404 e. The SMILES string of the molecule is CC(=O)N[C@H]1CC[C@@H](C(F)(F)F)N(Cc2cnn(C(C)C)c2)C1. The number of carbonyl (C=O) groups excluding carboxylic acids is 1. The average Bonchev–Trinajstić information content (AvgIpc) is 2.85. The zero-order valence-electron chi connectivity index (χ0n) is 13.6. The van der Waals surface area contributed by atoms with Gasteiger partial charge in [-0.25, -0.2) is 0 Å². The Balaban J connectivity index is 2.12. The van der Waals surface area contributed by atoms with Crippen molar-refractivity contribution in [3.05, 3.63) is 18.0 Å². The molecule has 1 aliphatic heterocycles. The first-order chi connectivity index (χ1) is 10.7. The second-order valence-corrected chi connectivity index (χ2v) is 6.38. The number of nitrogens with zero attached hydrogens (tertiary/aromatic N) is 3. The van der Waals surface area contributed by atoms with Crippen LogP contribution in [0.1, 0.15) is 45.2 Å². The summed E-state index contributed by atoms with van der Waals surface area (Å²) in [7, 11) is 0. The maximum absolute atomic E-state index is 13.3. The lowest BCUT2D eigenvalue weighted by Crippen LogP contribution is -2.55. The molecular weight excluding hydrogens is 309 g/mol. The van der Waals surface area contributed by atoms with Gasteiger partial charge in [0.1, 0.15) is 6.04 Å². The molecule has 2 rings (SSSR count). The average molecular weight is 332 g/mol. The van der Waals surface area contributed by atoms with Crippen molar-refractivity contribution in [3.63, 3.8) is 0 Å². The molecule has 1 N–H and O–H groups in total. The third-order valence-electron chi connectivity index (χ3n) is 4.04. The van der Waals surface area contributed by atoms with E-state index >= 15 is 0 Å². The topological polar surface area (TPSA) is 50.2 Å². The standard InChI is InChI=1S/C15H23F3N4O/c1-10(2)22-8-12(6-19-22)7-21-9-13(20-11(3)23)4-5-14(21)15(16,17)18/h6,8,10,13-14H,4-5,7,9H2,1-3H3,(H,20,23)/t13-,14-/m0/s1. The van der Waals surface area contributed by atoms with Gasteiger partial charge in [0.25, 0.3) is 0 Å². The van der Waals surface area contributed by atoms with Gasteiger partial charge in [-0.1, -0.05) is 0 Å². The molecule has 2 atom stereocenters. The molecule has 0 unspecified atom stereocenters. The molecule has 130 valence electrons. The number of piperidine rings is 1. The van der Waals surface area contributed by atoms with Gasteiger partial charge in [-0.2, -0.15) is 18.3 Å². The Morgan fingerprint density at radius 2 is 2.13 bits per heavy atom. The second-order valence-electron chi connectivity index (χ2n) is 6.38. The van der Waals surface area contributed by atoms with Crippen LogP contribution in [-0.2, 0) is 11.3 Å². The van der Waals surface area contributed by atoms with Crippen LogP contribution >= 0.6 is 0 Å². The van der Waals surface area contributed by atoms with E-state index in [0.29, 0.717) is 6.42 Å². The Hall–Kier alpha value is -1.57. The van der Waals surface area contributed by atoms with Gasteiger partial charge < -0.3 is 5.32 Å². The number of rotatable bonds is 4. The number of carbonyl (C=O) groups is 1. The number of alkyl halides is 3. The Kier molecular flexibility index (Phi) is 5.33. The summed E-state index contributed by atoms with van der Waals surface area (Å²) in [5.74, 6) is -0.215. The Morgan fingerprint density at radius 3 is 2.65 bits per heavy atom. The second kappa shape index (κ2) is 6.90. The van der Waals surface area contributed by atoms with Gasteiger partial charge in [-0.05, 0) is 26.7 Å². The number of amides is 1. The summed E-state index contributed by atoms with van der Waals surface area (Å²) in [6.45, 7) is 5.67. The molecule has 1 aromatic rings. The van der Waals surface area contributed by atoms with Crippen LogP contribution in [0.25, 0.3) is 0 Å². The summed E-state index contributed by atoms with van der Waals surface area (Å²) in [5.41, 5.74) is 0.747. The molecule has 2 heterocycles. The lowest BCUT2D eigenvalue weighted by Gasteiger charge is -2.40. The molecule has 5 nitrogen and oxygen atoms in total. The highest BCUT2D eigenvalue weighted by Gasteiger charge is 2.46. The van der Waals surface area contributed by atoms with Crippen LogP contribution < -0.4 is 5.32 Å². The number of likely N-dealkylation sites (tertiary alicyclic amines) is 1. The number of hydrogen-bond acceptors (Lipinski definition) is 3. The van der Waals surface area contributed by atoms with Gasteiger partial charge in [0.05, 0.1) is 6.20 Å². The van der Waals surface area contributed by atoms with E-state index in [-0.39, 0.29) is 37.5 Å². The fraction of sp³-hybridized carbons (Fsp3) is 0.733. The molecule has 0 aliphatic carbocycles. The maximum atomic E-state index is 13.3. The van der Waals surface area contributed by atoms with Crippen molar-refractivity contribution in [2.24, 2.45) is 0 Å². The normalized spacial score (nSPS) is 23.3. The highest BCUT2D eigenvalue weighted by molar-refractivity contribution is 5.73. The van der Waals surface area contributed by atoms with E-state index in [9.17, 15) is 18.0 Å². The third-order valence-corrected chi connectivity index (χ3v) is 4.04. The lowest BCUT2D eigenvalue weighted by atomic mass is 9.97. The molecule has 1 saturated heterocycles. The van der Waals surface area contributed by atoms with Crippen LogP contribution in [-0.4, -0.2) is 45.4 Å². The number of nitrogens with one attached hydrogen (secondary N) is 1. The summed E-state index contributed by atoms with van der Waals surface area (Å²) in [6.07, 6.45) is -0.553. The predicted octanol–water partition coefficient (Wildman–Crippen LogP) is 2.50. The van der Waals surface area contributed by atoms with Crippen molar-refractivity contribution in [1.82, 2.24) is 20.0 Å². The fourth-order valence-corrected chi connectivity index (χ4v) is 2.97. The third kappa shape index (κ3) is 4.70. The molecule has 0 bridgehead atoms. The van der Waals surface area contributed by atoms with Crippen LogP contribution in [0, 0.1) is 0 Å². The van der Waals surface area contributed by atoms with Crippen molar-refractivity contribution in [2.75, 3.05) is 6.54 Å². The van der Waals surface area contributed by atoms with Crippen molar-refractivity contribution >= 4 is 5.91 Å². The maximum Gasteiger partial charge on any atom is 0.404 e. The van der Waals surface area contributed by atoms with E-state index in [1.165, 1.54) is 11.8 Å². The molecule has 8 heteroatoms. The first kappa shape index (κ1) is 17.8. The molecule has 0 radical (unpaired) electrons. The monoisotopic (exact) mass is 332 g/mol. The minimum Gasteiger partial charge on any atom is -0.352 e. The van der Waals surface area contributed by atoms with E-state index in [0.717, 1.165) is 5.56 Å². The van der Waals surface area contributed by atoms with E-state index < -0.39 is 12.2 Å². The van der Waals surface area contributed by atoms with Gasteiger partial charge in [0.15, 0.2) is 0 Å². The molecule has 23 heavy (non-hydrogen) atoms. The van der Waals surface area contributed by atoms with Gasteiger partial charge in [-0.15, -0.1) is 0 Å². The Bertz CT molecular complexity index is 541. The van der Waals surface area contributed by atoms with Crippen LogP contribution in [0.2, 0.25) is 0 Å². The van der Waals surface area contributed by atoms with E-state index in [1.807, 2.05) is 13.8 Å². The van der Waals surface area contributed by atoms with E-state index in [4.69, 9.17) is 0 Å². The van der Waals surface area contributed by atoms with Crippen LogP contribution in [0.5, 0.6) is 0 Å². The lowest BCUT2D eigenvalue weighted by molar-refractivity contribution is -0.194. The smallest absolute Gasteiger partial charge is 0.352 e. The highest BCUT2D eigenvalue weighted by Crippen LogP contribution is 2.33. The molecule has 0 aromatic carbocycles. The van der Waals surface area contributed by atoms with Crippen molar-refractivity contribution in [1.29, 1.82) is 0 Å². The van der Waals surface area contributed by atoms with Gasteiger partial charge in [-0.3, -0.25) is 14.4 Å². The molecule has 1 aliphatic rings. The van der Waals surface area contributed by atoms with Crippen molar-refractivity contribution < 1.29 is 18.0 Å². The summed E-state index contributed by atoms with van der Waals surface area (Å²) >= 11 is 0. The highest BCUT2D eigenvalue weighted by atomic mass is 19.4. The van der Waals surface area contributed by atoms with E-state index in [2.05, 4.69) is 10.4 Å². The zero-order valence-corrected chi connectivity index (χ0v) is 13.6. The first-order valence-corrected chi connectivity index (χ1v) is 7.77. The molecule has 0 spiro atoms.